The van der Waals surface area contributed by atoms with Crippen LogP contribution in [-0.2, 0) is 18.2 Å². The van der Waals surface area contributed by atoms with Crippen LogP contribution in [0.3, 0.4) is 0 Å². The number of ether oxygens (including phenoxy) is 1. The maximum absolute atomic E-state index is 11.5. The van der Waals surface area contributed by atoms with E-state index < -0.39 is 0 Å². The van der Waals surface area contributed by atoms with Gasteiger partial charge in [-0.2, -0.15) is 5.10 Å². The van der Waals surface area contributed by atoms with Crippen molar-refractivity contribution in [1.29, 1.82) is 0 Å². The molecule has 0 aromatic carbocycles. The molecule has 5 heteroatoms. The van der Waals surface area contributed by atoms with Crippen molar-refractivity contribution >= 4 is 17.0 Å². The Morgan fingerprint density at radius 1 is 1.50 bits per heavy atom. The maximum Gasteiger partial charge on any atom is 0.357 e. The summed E-state index contributed by atoms with van der Waals surface area (Å²) in [5.74, 6) is -0.331. The van der Waals surface area contributed by atoms with E-state index in [4.69, 9.17) is 4.74 Å². The number of hydrogen-bond donors (Lipinski definition) is 0. The monoisotopic (exact) mass is 217 g/mol. The van der Waals surface area contributed by atoms with Gasteiger partial charge in [0.15, 0.2) is 11.3 Å². The molecule has 16 heavy (non-hydrogen) atoms. The summed E-state index contributed by atoms with van der Waals surface area (Å²) >= 11 is 0. The summed E-state index contributed by atoms with van der Waals surface area (Å²) in [5.41, 5.74) is 3.06. The predicted molar refractivity (Wildman–Crippen MR) is 57.2 cm³/mol. The standard InChI is InChI=1S/C11H11N3O2/c1-6-8-5-7-3-4-16-11(15)9(7)12-10(8)14(2)13-6/h5H,3-4H2,1-2H3. The fourth-order valence-electron chi connectivity index (χ4n) is 2.07. The van der Waals surface area contributed by atoms with Gasteiger partial charge in [0.2, 0.25) is 0 Å². The van der Waals surface area contributed by atoms with E-state index in [1.54, 1.807) is 4.68 Å². The van der Waals surface area contributed by atoms with Crippen LogP contribution in [0.15, 0.2) is 6.07 Å². The number of cyclic esters (lactones) is 1. The fourth-order valence-corrected chi connectivity index (χ4v) is 2.07. The summed E-state index contributed by atoms with van der Waals surface area (Å²) in [7, 11) is 1.82. The first-order chi connectivity index (χ1) is 7.66. The number of rotatable bonds is 0. The van der Waals surface area contributed by atoms with Gasteiger partial charge in [-0.25, -0.2) is 9.78 Å². The molecule has 1 aliphatic rings. The van der Waals surface area contributed by atoms with E-state index in [0.29, 0.717) is 12.3 Å². The number of nitrogens with zero attached hydrogens (tertiary/aromatic N) is 3. The molecule has 82 valence electrons. The number of fused-ring (bicyclic) bond motifs is 2. The maximum atomic E-state index is 11.5. The summed E-state index contributed by atoms with van der Waals surface area (Å²) in [6, 6.07) is 2.00. The first kappa shape index (κ1) is 9.33. The number of carbonyl (C=O) groups is 1. The lowest BCUT2D eigenvalue weighted by atomic mass is 10.1. The molecule has 3 rings (SSSR count). The summed E-state index contributed by atoms with van der Waals surface area (Å²) < 4.78 is 6.66. The fraction of sp³-hybridized carbons (Fsp3) is 0.364. The second-order valence-corrected chi connectivity index (χ2v) is 3.96. The molecule has 2 aromatic rings. The molecular formula is C11H11N3O2. The van der Waals surface area contributed by atoms with Crippen LogP contribution in [0.1, 0.15) is 21.7 Å². The van der Waals surface area contributed by atoms with Crippen LogP contribution in [0.2, 0.25) is 0 Å². The number of esters is 1. The van der Waals surface area contributed by atoms with Crippen LogP contribution < -0.4 is 0 Å². The molecule has 0 N–H and O–H groups in total. The molecule has 0 amide bonds. The van der Waals surface area contributed by atoms with Gasteiger partial charge in [-0.15, -0.1) is 0 Å². The van der Waals surface area contributed by atoms with Gasteiger partial charge in [0.25, 0.3) is 0 Å². The number of hydrogen-bond acceptors (Lipinski definition) is 4. The normalized spacial score (nSPS) is 15.0. The number of aromatic nitrogens is 3. The van der Waals surface area contributed by atoms with Gasteiger partial charge in [-0.1, -0.05) is 0 Å². The molecule has 0 fully saturated rings. The zero-order valence-corrected chi connectivity index (χ0v) is 9.15. The molecule has 0 radical (unpaired) electrons. The topological polar surface area (TPSA) is 57.0 Å². The second kappa shape index (κ2) is 3.04. The molecule has 0 aliphatic carbocycles. The third-order valence-corrected chi connectivity index (χ3v) is 2.88. The lowest BCUT2D eigenvalue weighted by Gasteiger charge is -2.14. The van der Waals surface area contributed by atoms with Crippen molar-refractivity contribution < 1.29 is 9.53 Å². The van der Waals surface area contributed by atoms with Crippen molar-refractivity contribution in [3.63, 3.8) is 0 Å². The molecule has 0 bridgehead atoms. The third-order valence-electron chi connectivity index (χ3n) is 2.88. The van der Waals surface area contributed by atoms with Gasteiger partial charge < -0.3 is 4.74 Å². The van der Waals surface area contributed by atoms with Crippen LogP contribution in [0.4, 0.5) is 0 Å². The highest BCUT2D eigenvalue weighted by Gasteiger charge is 2.22. The minimum Gasteiger partial charge on any atom is -0.461 e. The highest BCUT2D eigenvalue weighted by Crippen LogP contribution is 2.22. The van der Waals surface area contributed by atoms with E-state index in [1.807, 2.05) is 20.0 Å². The van der Waals surface area contributed by atoms with Crippen LogP contribution in [-0.4, -0.2) is 27.3 Å². The summed E-state index contributed by atoms with van der Waals surface area (Å²) in [6.07, 6.45) is 0.734. The zero-order chi connectivity index (χ0) is 11.3. The quantitative estimate of drug-likeness (QED) is 0.617. The first-order valence-electron chi connectivity index (χ1n) is 5.17. The van der Waals surface area contributed by atoms with Crippen LogP contribution in [0.5, 0.6) is 0 Å². The van der Waals surface area contributed by atoms with Gasteiger partial charge in [-0.3, -0.25) is 4.68 Å². The molecule has 2 aromatic heterocycles. The summed E-state index contributed by atoms with van der Waals surface area (Å²) in [6.45, 7) is 2.38. The van der Waals surface area contributed by atoms with E-state index in [9.17, 15) is 4.79 Å². The smallest absolute Gasteiger partial charge is 0.357 e. The van der Waals surface area contributed by atoms with Crippen molar-refractivity contribution in [2.24, 2.45) is 7.05 Å². The van der Waals surface area contributed by atoms with Crippen molar-refractivity contribution in [2.75, 3.05) is 6.61 Å². The second-order valence-electron chi connectivity index (χ2n) is 3.96. The molecule has 5 nitrogen and oxygen atoms in total. The van der Waals surface area contributed by atoms with Crippen molar-refractivity contribution in [3.05, 3.63) is 23.0 Å². The third kappa shape index (κ3) is 1.14. The Labute approximate surface area is 92.0 Å². The molecule has 0 saturated carbocycles. The first-order valence-corrected chi connectivity index (χ1v) is 5.17. The van der Waals surface area contributed by atoms with Crippen molar-refractivity contribution in [1.82, 2.24) is 14.8 Å². The van der Waals surface area contributed by atoms with Gasteiger partial charge in [0.1, 0.15) is 0 Å². The van der Waals surface area contributed by atoms with Crippen molar-refractivity contribution in [3.8, 4) is 0 Å². The largest absolute Gasteiger partial charge is 0.461 e. The Balaban J connectivity index is 2.36. The number of carbonyl (C=O) groups excluding carboxylic acids is 1. The van der Waals surface area contributed by atoms with E-state index in [0.717, 1.165) is 28.7 Å². The van der Waals surface area contributed by atoms with E-state index in [1.165, 1.54) is 0 Å². The lowest BCUT2D eigenvalue weighted by molar-refractivity contribution is 0.0472. The Morgan fingerprint density at radius 3 is 3.12 bits per heavy atom. The Morgan fingerprint density at radius 2 is 2.31 bits per heavy atom. The SMILES string of the molecule is Cc1nn(C)c2nc3c(cc12)CCOC3=O. The Hall–Kier alpha value is -1.91. The average Bonchev–Trinajstić information content (AvgIpc) is 2.53. The van der Waals surface area contributed by atoms with E-state index in [-0.39, 0.29) is 5.97 Å². The minimum absolute atomic E-state index is 0.331. The van der Waals surface area contributed by atoms with E-state index in [2.05, 4.69) is 10.1 Å². The van der Waals surface area contributed by atoms with Gasteiger partial charge >= 0.3 is 5.97 Å². The van der Waals surface area contributed by atoms with E-state index >= 15 is 0 Å². The highest BCUT2D eigenvalue weighted by molar-refractivity contribution is 5.93. The predicted octanol–water partition coefficient (Wildman–Crippen LogP) is 0.990. The molecule has 0 unspecified atom stereocenters. The summed E-state index contributed by atoms with van der Waals surface area (Å²) in [4.78, 5) is 15.9. The van der Waals surface area contributed by atoms with Gasteiger partial charge in [0, 0.05) is 18.9 Å². The minimum atomic E-state index is -0.331. The van der Waals surface area contributed by atoms with Crippen LogP contribution in [0.25, 0.3) is 11.0 Å². The molecular weight excluding hydrogens is 206 g/mol. The Bertz CT molecular complexity index is 601. The summed E-state index contributed by atoms with van der Waals surface area (Å²) in [5, 5.41) is 5.30. The highest BCUT2D eigenvalue weighted by atomic mass is 16.5. The molecule has 1 aliphatic heterocycles. The molecule has 0 spiro atoms. The Kier molecular flexibility index (Phi) is 1.77. The van der Waals surface area contributed by atoms with Gasteiger partial charge in [0.05, 0.1) is 12.3 Å². The van der Waals surface area contributed by atoms with Crippen LogP contribution in [0, 0.1) is 6.92 Å². The lowest BCUT2D eigenvalue weighted by Crippen LogP contribution is -2.19. The molecule has 0 saturated heterocycles. The molecule has 0 atom stereocenters. The van der Waals surface area contributed by atoms with Crippen molar-refractivity contribution in [2.45, 2.75) is 13.3 Å². The van der Waals surface area contributed by atoms with Crippen LogP contribution >= 0.6 is 0 Å². The molecule has 3 heterocycles. The number of aryl methyl sites for hydroxylation is 2. The zero-order valence-electron chi connectivity index (χ0n) is 9.15. The average molecular weight is 217 g/mol. The number of pyridine rings is 1. The van der Waals surface area contributed by atoms with Gasteiger partial charge in [-0.05, 0) is 18.6 Å².